The summed E-state index contributed by atoms with van der Waals surface area (Å²) in [6, 6.07) is 13.4. The molecule has 2 N–H and O–H groups in total. The summed E-state index contributed by atoms with van der Waals surface area (Å²) in [6.45, 7) is 0.0698. The zero-order valence-corrected chi connectivity index (χ0v) is 18.0. The van der Waals surface area contributed by atoms with Gasteiger partial charge in [0, 0.05) is 5.56 Å². The van der Waals surface area contributed by atoms with E-state index >= 15 is 0 Å². The first-order valence-corrected chi connectivity index (χ1v) is 10.3. The van der Waals surface area contributed by atoms with Gasteiger partial charge in [0.1, 0.15) is 11.5 Å². The predicted octanol–water partition coefficient (Wildman–Crippen LogP) is 3.09. The van der Waals surface area contributed by atoms with Gasteiger partial charge >= 0.3 is 5.97 Å². The van der Waals surface area contributed by atoms with Crippen LogP contribution in [-0.4, -0.2) is 45.9 Å². The molecule has 1 fully saturated rings. The zero-order valence-electron chi connectivity index (χ0n) is 16.4. The summed E-state index contributed by atoms with van der Waals surface area (Å²) < 4.78 is 10.7. The molecule has 1 saturated heterocycles. The Morgan fingerprint density at radius 1 is 1.19 bits per heavy atom. The molecule has 31 heavy (non-hydrogen) atoms. The maximum absolute atomic E-state index is 12.7. The third-order valence-electron chi connectivity index (χ3n) is 4.10. The molecule has 1 heterocycles. The molecule has 3 rings (SSSR count). The van der Waals surface area contributed by atoms with E-state index in [-0.39, 0.29) is 17.3 Å². The number of carboxylic acids is 1. The van der Waals surface area contributed by atoms with Crippen molar-refractivity contribution in [2.75, 3.05) is 13.7 Å². The average Bonchev–Trinajstić information content (AvgIpc) is 3.02. The van der Waals surface area contributed by atoms with Gasteiger partial charge in [0.25, 0.3) is 11.8 Å². The van der Waals surface area contributed by atoms with Crippen LogP contribution in [0.2, 0.25) is 0 Å². The van der Waals surface area contributed by atoms with Crippen LogP contribution in [0.25, 0.3) is 6.08 Å². The molecule has 0 atom stereocenters. The van der Waals surface area contributed by atoms with E-state index in [0.29, 0.717) is 22.0 Å². The lowest BCUT2D eigenvalue weighted by atomic mass is 10.2. The molecule has 1 aliphatic heterocycles. The Bertz CT molecular complexity index is 1050. The summed E-state index contributed by atoms with van der Waals surface area (Å²) in [5.41, 5.74) is 3.58. The summed E-state index contributed by atoms with van der Waals surface area (Å²) in [7, 11) is 1.50. The van der Waals surface area contributed by atoms with Crippen LogP contribution in [0.15, 0.2) is 53.4 Å². The minimum Gasteiger partial charge on any atom is -0.497 e. The first kappa shape index (κ1) is 22.3. The first-order valence-electron chi connectivity index (χ1n) is 9.05. The minimum absolute atomic E-state index is 0.0698. The van der Waals surface area contributed by atoms with E-state index in [2.05, 4.69) is 5.43 Å². The summed E-state index contributed by atoms with van der Waals surface area (Å²) in [6.07, 6.45) is 1.56. The number of carboxylic acid groups (broad SMARTS) is 1. The Hall–Kier alpha value is -3.37. The SMILES string of the molecule is COc1cccc(C(=O)NN2C(=O)/C(=C\c3ccc(OCCC(=O)O)cc3)SC2=S)c1. The molecule has 0 radical (unpaired) electrons. The number of aliphatic carboxylic acids is 1. The number of carbonyl (C=O) groups is 3. The van der Waals surface area contributed by atoms with E-state index in [9.17, 15) is 14.4 Å². The lowest BCUT2D eigenvalue weighted by Gasteiger charge is -2.15. The molecule has 2 aromatic carbocycles. The molecular weight excluding hydrogens is 440 g/mol. The van der Waals surface area contributed by atoms with Crippen molar-refractivity contribution in [3.63, 3.8) is 0 Å². The number of nitrogens with zero attached hydrogens (tertiary/aromatic N) is 1. The number of benzene rings is 2. The standard InChI is InChI=1S/C21H18N2O6S2/c1-28-16-4-2-3-14(12-16)19(26)22-23-20(27)17(31-21(23)30)11-13-5-7-15(8-6-13)29-10-9-18(24)25/h2-8,11-12H,9-10H2,1H3,(H,22,26)(H,24,25)/b17-11+. The minimum atomic E-state index is -0.933. The van der Waals surface area contributed by atoms with Gasteiger partial charge in [-0.25, -0.2) is 0 Å². The molecule has 0 unspecified atom stereocenters. The summed E-state index contributed by atoms with van der Waals surface area (Å²) in [4.78, 5) is 36.1. The number of hydrogen-bond acceptors (Lipinski definition) is 7. The van der Waals surface area contributed by atoms with Crippen molar-refractivity contribution >= 4 is 52.2 Å². The Morgan fingerprint density at radius 2 is 1.94 bits per heavy atom. The largest absolute Gasteiger partial charge is 0.497 e. The van der Waals surface area contributed by atoms with E-state index in [4.69, 9.17) is 26.8 Å². The smallest absolute Gasteiger partial charge is 0.306 e. The van der Waals surface area contributed by atoms with Crippen LogP contribution in [0.3, 0.4) is 0 Å². The maximum atomic E-state index is 12.7. The van der Waals surface area contributed by atoms with Crippen LogP contribution >= 0.6 is 24.0 Å². The molecule has 2 aromatic rings. The van der Waals surface area contributed by atoms with Gasteiger partial charge in [0.2, 0.25) is 0 Å². The van der Waals surface area contributed by atoms with Crippen molar-refractivity contribution in [2.45, 2.75) is 6.42 Å². The van der Waals surface area contributed by atoms with Crippen LogP contribution in [0, 0.1) is 0 Å². The average molecular weight is 459 g/mol. The van der Waals surface area contributed by atoms with Gasteiger partial charge in [0.05, 0.1) is 25.0 Å². The van der Waals surface area contributed by atoms with Crippen molar-refractivity contribution in [2.24, 2.45) is 0 Å². The number of thioether (sulfide) groups is 1. The highest BCUT2D eigenvalue weighted by molar-refractivity contribution is 8.26. The molecule has 0 spiro atoms. The van der Waals surface area contributed by atoms with E-state index in [1.807, 2.05) is 0 Å². The van der Waals surface area contributed by atoms with Gasteiger partial charge in [0.15, 0.2) is 4.32 Å². The van der Waals surface area contributed by atoms with Crippen molar-refractivity contribution in [3.05, 3.63) is 64.6 Å². The van der Waals surface area contributed by atoms with Crippen molar-refractivity contribution in [3.8, 4) is 11.5 Å². The number of hydrazine groups is 1. The van der Waals surface area contributed by atoms with Crippen LogP contribution in [0.5, 0.6) is 11.5 Å². The zero-order chi connectivity index (χ0) is 22.4. The summed E-state index contributed by atoms with van der Waals surface area (Å²) in [5, 5.41) is 9.68. The predicted molar refractivity (Wildman–Crippen MR) is 120 cm³/mol. The second kappa shape index (κ2) is 10.1. The highest BCUT2D eigenvalue weighted by Gasteiger charge is 2.33. The molecule has 1 aliphatic rings. The van der Waals surface area contributed by atoms with Crippen LogP contribution in [0.4, 0.5) is 0 Å². The number of methoxy groups -OCH3 is 1. The fourth-order valence-corrected chi connectivity index (χ4v) is 3.74. The monoisotopic (exact) mass is 458 g/mol. The number of ether oxygens (including phenoxy) is 2. The number of hydrogen-bond donors (Lipinski definition) is 2. The lowest BCUT2D eigenvalue weighted by molar-refractivity contribution is -0.137. The Morgan fingerprint density at radius 3 is 2.61 bits per heavy atom. The number of amides is 2. The number of carbonyl (C=O) groups excluding carboxylic acids is 2. The molecule has 0 bridgehead atoms. The molecule has 8 nitrogen and oxygen atoms in total. The highest BCUT2D eigenvalue weighted by atomic mass is 32.2. The van der Waals surface area contributed by atoms with Crippen molar-refractivity contribution in [1.29, 1.82) is 0 Å². The van der Waals surface area contributed by atoms with Gasteiger partial charge < -0.3 is 14.6 Å². The molecule has 0 aromatic heterocycles. The second-order valence-corrected chi connectivity index (χ2v) is 7.93. The third kappa shape index (κ3) is 5.83. The van der Waals surface area contributed by atoms with E-state index in [1.54, 1.807) is 54.6 Å². The molecule has 160 valence electrons. The third-order valence-corrected chi connectivity index (χ3v) is 5.40. The normalized spacial score (nSPS) is 14.6. The van der Waals surface area contributed by atoms with Crippen LogP contribution < -0.4 is 14.9 Å². The fraction of sp³-hybridized carbons (Fsp3) is 0.143. The molecular formula is C21H18N2O6S2. The Balaban J connectivity index is 1.65. The fourth-order valence-electron chi connectivity index (χ4n) is 2.56. The van der Waals surface area contributed by atoms with Crippen molar-refractivity contribution in [1.82, 2.24) is 10.4 Å². The van der Waals surface area contributed by atoms with Gasteiger partial charge in [-0.15, -0.1) is 0 Å². The second-order valence-electron chi connectivity index (χ2n) is 6.25. The number of rotatable bonds is 8. The Labute approximate surface area is 187 Å². The molecule has 2 amide bonds. The van der Waals surface area contributed by atoms with Gasteiger partial charge in [-0.1, -0.05) is 30.0 Å². The summed E-state index contributed by atoms with van der Waals surface area (Å²) in [5.74, 6) is -0.811. The maximum Gasteiger partial charge on any atom is 0.306 e. The van der Waals surface area contributed by atoms with Gasteiger partial charge in [-0.2, -0.15) is 5.01 Å². The number of nitrogens with one attached hydrogen (secondary N) is 1. The Kier molecular flexibility index (Phi) is 7.27. The van der Waals surface area contributed by atoms with Gasteiger partial charge in [-0.3, -0.25) is 19.8 Å². The number of thiocarbonyl (C=S) groups is 1. The van der Waals surface area contributed by atoms with Crippen LogP contribution in [-0.2, 0) is 9.59 Å². The topological polar surface area (TPSA) is 105 Å². The molecule has 0 aliphatic carbocycles. The van der Waals surface area contributed by atoms with Crippen molar-refractivity contribution < 1.29 is 29.0 Å². The van der Waals surface area contributed by atoms with E-state index in [1.165, 1.54) is 7.11 Å². The quantitative estimate of drug-likeness (QED) is 0.459. The molecule has 10 heteroatoms. The highest BCUT2D eigenvalue weighted by Crippen LogP contribution is 2.31. The first-order chi connectivity index (χ1) is 14.9. The van der Waals surface area contributed by atoms with E-state index in [0.717, 1.165) is 22.3 Å². The van der Waals surface area contributed by atoms with E-state index < -0.39 is 17.8 Å². The molecule has 0 saturated carbocycles. The summed E-state index contributed by atoms with van der Waals surface area (Å²) >= 11 is 6.31. The lowest BCUT2D eigenvalue weighted by Crippen LogP contribution is -2.44. The van der Waals surface area contributed by atoms with Crippen LogP contribution in [0.1, 0.15) is 22.3 Å². The van der Waals surface area contributed by atoms with Gasteiger partial charge in [-0.05, 0) is 54.2 Å².